The summed E-state index contributed by atoms with van der Waals surface area (Å²) in [6.07, 6.45) is 4.42. The fraction of sp³-hybridized carbons (Fsp3) is 0.375. The summed E-state index contributed by atoms with van der Waals surface area (Å²) in [5.74, 6) is 0.645. The van der Waals surface area contributed by atoms with E-state index in [9.17, 15) is 0 Å². The van der Waals surface area contributed by atoms with Gasteiger partial charge in [0.05, 0.1) is 0 Å². The monoisotopic (exact) mass is 229 g/mol. The fourth-order valence-corrected chi connectivity index (χ4v) is 2.03. The van der Waals surface area contributed by atoms with Gasteiger partial charge in [-0.25, -0.2) is 0 Å². The molecular weight excluding hydrogens is 206 g/mol. The summed E-state index contributed by atoms with van der Waals surface area (Å²) < 4.78 is 0. The fourth-order valence-electron chi connectivity index (χ4n) is 2.03. The smallest absolute Gasteiger partial charge is 0.0320 e. The van der Waals surface area contributed by atoms with E-state index in [0.717, 1.165) is 18.4 Å². The number of hydrogen-bond acceptors (Lipinski definition) is 1. The van der Waals surface area contributed by atoms with Crippen molar-refractivity contribution >= 4 is 11.3 Å². The van der Waals surface area contributed by atoms with Crippen LogP contribution in [0.5, 0.6) is 0 Å². The zero-order valence-corrected chi connectivity index (χ0v) is 11.2. The first kappa shape index (κ1) is 13.6. The number of nitrogens with two attached hydrogens (primary N) is 1. The third-order valence-corrected chi connectivity index (χ3v) is 2.70. The lowest BCUT2D eigenvalue weighted by Crippen LogP contribution is -2.01. The SMILES string of the molecule is C=C(N)c1ccccc1/C(=C/CC)CC(C)C. The molecule has 0 aliphatic heterocycles. The molecule has 0 spiro atoms. The first-order valence-electron chi connectivity index (χ1n) is 6.29. The molecule has 0 amide bonds. The molecule has 17 heavy (non-hydrogen) atoms. The van der Waals surface area contributed by atoms with E-state index >= 15 is 0 Å². The molecule has 1 nitrogen and oxygen atoms in total. The Morgan fingerprint density at radius 3 is 2.35 bits per heavy atom. The topological polar surface area (TPSA) is 26.0 Å². The van der Waals surface area contributed by atoms with Crippen molar-refractivity contribution < 1.29 is 0 Å². The van der Waals surface area contributed by atoms with Gasteiger partial charge in [0, 0.05) is 11.3 Å². The van der Waals surface area contributed by atoms with Crippen molar-refractivity contribution in [1.82, 2.24) is 0 Å². The lowest BCUT2D eigenvalue weighted by molar-refractivity contribution is 0.672. The third kappa shape index (κ3) is 3.77. The lowest BCUT2D eigenvalue weighted by Gasteiger charge is -2.15. The molecule has 0 aliphatic carbocycles. The maximum Gasteiger partial charge on any atom is 0.0320 e. The van der Waals surface area contributed by atoms with Gasteiger partial charge in [-0.05, 0) is 29.9 Å². The molecule has 1 heteroatoms. The molecule has 0 saturated carbocycles. The summed E-state index contributed by atoms with van der Waals surface area (Å²) in [7, 11) is 0. The van der Waals surface area contributed by atoms with E-state index in [4.69, 9.17) is 5.73 Å². The van der Waals surface area contributed by atoms with E-state index in [-0.39, 0.29) is 0 Å². The second-order valence-electron chi connectivity index (χ2n) is 4.81. The van der Waals surface area contributed by atoms with Gasteiger partial charge in [-0.2, -0.15) is 0 Å². The Bertz CT molecular complexity index is 413. The molecule has 0 aromatic heterocycles. The molecule has 0 saturated heterocycles. The van der Waals surface area contributed by atoms with Crippen LogP contribution in [0.25, 0.3) is 11.3 Å². The van der Waals surface area contributed by atoms with Crippen LogP contribution < -0.4 is 5.73 Å². The van der Waals surface area contributed by atoms with Crippen molar-refractivity contribution in [2.24, 2.45) is 11.7 Å². The molecule has 1 aromatic carbocycles. The van der Waals surface area contributed by atoms with Crippen LogP contribution in [-0.4, -0.2) is 0 Å². The second-order valence-corrected chi connectivity index (χ2v) is 4.81. The highest BCUT2D eigenvalue weighted by Crippen LogP contribution is 2.28. The Morgan fingerprint density at radius 2 is 1.88 bits per heavy atom. The van der Waals surface area contributed by atoms with Crippen molar-refractivity contribution in [2.45, 2.75) is 33.6 Å². The summed E-state index contributed by atoms with van der Waals surface area (Å²) >= 11 is 0. The molecule has 0 radical (unpaired) electrons. The molecule has 0 bridgehead atoms. The molecule has 1 rings (SSSR count). The highest BCUT2D eigenvalue weighted by molar-refractivity contribution is 5.77. The van der Waals surface area contributed by atoms with Crippen LogP contribution >= 0.6 is 0 Å². The highest BCUT2D eigenvalue weighted by Gasteiger charge is 2.09. The Kier molecular flexibility index (Phi) is 5.02. The van der Waals surface area contributed by atoms with E-state index in [0.29, 0.717) is 11.6 Å². The minimum atomic E-state index is 0.645. The molecule has 0 fully saturated rings. The summed E-state index contributed by atoms with van der Waals surface area (Å²) in [5.41, 5.74) is 10.2. The minimum Gasteiger partial charge on any atom is -0.399 e. The van der Waals surface area contributed by atoms with E-state index in [1.54, 1.807) is 0 Å². The van der Waals surface area contributed by atoms with Crippen molar-refractivity contribution in [3.63, 3.8) is 0 Å². The minimum absolute atomic E-state index is 0.645. The number of allylic oxidation sites excluding steroid dienone is 2. The Balaban J connectivity index is 3.18. The third-order valence-electron chi connectivity index (χ3n) is 2.70. The van der Waals surface area contributed by atoms with Crippen LogP contribution in [0.15, 0.2) is 36.9 Å². The van der Waals surface area contributed by atoms with Crippen LogP contribution in [0.2, 0.25) is 0 Å². The van der Waals surface area contributed by atoms with E-state index in [1.807, 2.05) is 12.1 Å². The molecule has 0 heterocycles. The first-order chi connectivity index (χ1) is 8.06. The first-order valence-corrected chi connectivity index (χ1v) is 6.29. The standard InChI is InChI=1S/C16H23N/c1-5-8-14(11-12(2)3)16-10-7-6-9-15(16)13(4)17/h6-10,12H,4-5,11,17H2,1-3H3/b14-8+. The van der Waals surface area contributed by atoms with Crippen molar-refractivity contribution in [3.05, 3.63) is 48.0 Å². The van der Waals surface area contributed by atoms with Crippen molar-refractivity contribution in [1.29, 1.82) is 0 Å². The zero-order valence-electron chi connectivity index (χ0n) is 11.2. The highest BCUT2D eigenvalue weighted by atomic mass is 14.6. The Labute approximate surface area is 105 Å². The molecule has 0 unspecified atom stereocenters. The largest absolute Gasteiger partial charge is 0.399 e. The predicted octanol–water partition coefficient (Wildman–Crippen LogP) is 4.46. The lowest BCUT2D eigenvalue weighted by atomic mass is 9.91. The van der Waals surface area contributed by atoms with Crippen LogP contribution in [0, 0.1) is 5.92 Å². The van der Waals surface area contributed by atoms with E-state index in [2.05, 4.69) is 45.6 Å². The molecule has 2 N–H and O–H groups in total. The average molecular weight is 229 g/mol. The summed E-state index contributed by atoms with van der Waals surface area (Å²) in [6.45, 7) is 10.5. The van der Waals surface area contributed by atoms with Gasteiger partial charge in [0.25, 0.3) is 0 Å². The average Bonchev–Trinajstić information content (AvgIpc) is 2.28. The number of rotatable bonds is 5. The maximum absolute atomic E-state index is 5.86. The molecule has 1 aromatic rings. The van der Waals surface area contributed by atoms with Gasteiger partial charge in [0.15, 0.2) is 0 Å². The van der Waals surface area contributed by atoms with Gasteiger partial charge < -0.3 is 5.73 Å². The van der Waals surface area contributed by atoms with E-state index in [1.165, 1.54) is 11.1 Å². The van der Waals surface area contributed by atoms with Gasteiger partial charge in [-0.15, -0.1) is 0 Å². The van der Waals surface area contributed by atoms with Crippen LogP contribution in [0.4, 0.5) is 0 Å². The summed E-state index contributed by atoms with van der Waals surface area (Å²) in [6, 6.07) is 8.25. The molecule has 92 valence electrons. The number of hydrogen-bond donors (Lipinski definition) is 1. The van der Waals surface area contributed by atoms with Gasteiger partial charge >= 0.3 is 0 Å². The van der Waals surface area contributed by atoms with Crippen LogP contribution in [0.3, 0.4) is 0 Å². The molecule has 0 aliphatic rings. The van der Waals surface area contributed by atoms with Gasteiger partial charge in [-0.1, -0.05) is 57.7 Å². The van der Waals surface area contributed by atoms with Gasteiger partial charge in [-0.3, -0.25) is 0 Å². The van der Waals surface area contributed by atoms with Crippen LogP contribution in [-0.2, 0) is 0 Å². The second kappa shape index (κ2) is 6.29. The quantitative estimate of drug-likeness (QED) is 0.792. The number of benzene rings is 1. The van der Waals surface area contributed by atoms with Crippen molar-refractivity contribution in [2.75, 3.05) is 0 Å². The molecular formula is C16H23N. The normalized spacial score (nSPS) is 11.9. The maximum atomic E-state index is 5.86. The van der Waals surface area contributed by atoms with Gasteiger partial charge in [0.2, 0.25) is 0 Å². The summed E-state index contributed by atoms with van der Waals surface area (Å²) in [5, 5.41) is 0. The van der Waals surface area contributed by atoms with Crippen LogP contribution in [0.1, 0.15) is 44.7 Å². The van der Waals surface area contributed by atoms with Gasteiger partial charge in [0.1, 0.15) is 0 Å². The van der Waals surface area contributed by atoms with E-state index < -0.39 is 0 Å². The Morgan fingerprint density at radius 1 is 1.29 bits per heavy atom. The zero-order chi connectivity index (χ0) is 12.8. The molecule has 0 atom stereocenters. The Hall–Kier alpha value is -1.50. The van der Waals surface area contributed by atoms with Crippen molar-refractivity contribution in [3.8, 4) is 0 Å². The summed E-state index contributed by atoms with van der Waals surface area (Å²) in [4.78, 5) is 0. The predicted molar refractivity (Wildman–Crippen MR) is 77.4 cm³/mol.